The monoisotopic (exact) mass is 357 g/mol. The average molecular weight is 358 g/mol. The molecule has 0 saturated heterocycles. The topological polar surface area (TPSA) is 58.6 Å². The lowest BCUT2D eigenvalue weighted by molar-refractivity contribution is -0.142. The maximum atomic E-state index is 11.3. The molecule has 0 aliphatic rings. The number of benzene rings is 1. The fourth-order valence-corrected chi connectivity index (χ4v) is 1.65. The van der Waals surface area contributed by atoms with E-state index in [0.717, 1.165) is 5.56 Å². The number of carbonyl (C=O) groups excluding carboxylic acids is 1. The van der Waals surface area contributed by atoms with Crippen LogP contribution in [0.15, 0.2) is 24.3 Å². The predicted octanol–water partition coefficient (Wildman–Crippen LogP) is 1.84. The lowest BCUT2D eigenvalue weighted by atomic mass is 10.1. The van der Waals surface area contributed by atoms with Crippen molar-refractivity contribution < 1.29 is 14.6 Å². The van der Waals surface area contributed by atoms with Crippen LogP contribution < -0.4 is 3.53 Å². The predicted molar refractivity (Wildman–Crippen MR) is 72.0 cm³/mol. The molecule has 0 bridgehead atoms. The van der Waals surface area contributed by atoms with Crippen molar-refractivity contribution >= 4 is 41.2 Å². The number of methoxy groups -OCH3 is 1. The normalized spacial score (nSPS) is 11.4. The molecule has 0 aliphatic heterocycles. The zero-order valence-electron chi connectivity index (χ0n) is 8.64. The molecule has 0 fully saturated rings. The summed E-state index contributed by atoms with van der Waals surface area (Å²) >= 11 is 1.92. The second kappa shape index (κ2) is 7.70. The van der Waals surface area contributed by atoms with E-state index < -0.39 is 0 Å². The number of phenolic OH excluding ortho intramolecular Hbond substituents is 1. The Labute approximate surface area is 114 Å². The van der Waals surface area contributed by atoms with Crippen LogP contribution in [0.1, 0.15) is 5.56 Å². The van der Waals surface area contributed by atoms with Crippen LogP contribution in [0.3, 0.4) is 0 Å². The minimum atomic E-state index is -0.361. The molecule has 0 spiro atoms. The number of hydrogen-bond acceptors (Lipinski definition) is 4. The van der Waals surface area contributed by atoms with E-state index in [2.05, 4.69) is 8.27 Å². The molecule has 1 unspecified atom stereocenters. The van der Waals surface area contributed by atoms with Crippen LogP contribution in [-0.4, -0.2) is 24.2 Å². The number of aromatic hydroxyl groups is 1. The average Bonchev–Trinajstić information content (AvgIpc) is 2.27. The lowest BCUT2D eigenvalue weighted by Crippen LogP contribution is -2.33. The third-order valence-electron chi connectivity index (χ3n) is 1.99. The second-order valence-electron chi connectivity index (χ2n) is 3.06. The van der Waals surface area contributed by atoms with Gasteiger partial charge in [0.15, 0.2) is 0 Å². The number of hydrogen-bond donors (Lipinski definition) is 2. The molecule has 2 N–H and O–H groups in total. The standard InChI is InChI=1S/C10H12INO3.ClH/c1-15-10(14)9(12-11)6-7-2-4-8(13)5-3-7;/h2-5,9,12-13H,6H2,1H3;1H. The summed E-state index contributed by atoms with van der Waals surface area (Å²) in [5.41, 5.74) is 0.965. The van der Waals surface area contributed by atoms with Crippen molar-refractivity contribution in [2.45, 2.75) is 12.5 Å². The molecule has 1 atom stereocenters. The molecule has 0 heterocycles. The Hall–Kier alpha value is -0.530. The molecular formula is C10H13ClINO3. The summed E-state index contributed by atoms with van der Waals surface area (Å²) in [6.45, 7) is 0. The van der Waals surface area contributed by atoms with Crippen LogP contribution in [0.25, 0.3) is 0 Å². The van der Waals surface area contributed by atoms with Gasteiger partial charge in [0.2, 0.25) is 0 Å². The van der Waals surface area contributed by atoms with Gasteiger partial charge < -0.3 is 9.84 Å². The van der Waals surface area contributed by atoms with Gasteiger partial charge in [-0.3, -0.25) is 4.79 Å². The van der Waals surface area contributed by atoms with E-state index in [0.29, 0.717) is 6.42 Å². The Kier molecular flexibility index (Phi) is 7.44. The van der Waals surface area contributed by atoms with Crippen LogP contribution >= 0.6 is 35.3 Å². The van der Waals surface area contributed by atoms with Crippen molar-refractivity contribution in [2.75, 3.05) is 7.11 Å². The number of esters is 1. The van der Waals surface area contributed by atoms with E-state index in [1.54, 1.807) is 24.3 Å². The fraction of sp³-hybridized carbons (Fsp3) is 0.300. The Morgan fingerprint density at radius 1 is 1.50 bits per heavy atom. The highest BCUT2D eigenvalue weighted by molar-refractivity contribution is 14.1. The summed E-state index contributed by atoms with van der Waals surface area (Å²) in [4.78, 5) is 11.3. The molecule has 0 aromatic heterocycles. The molecule has 1 rings (SSSR count). The number of ether oxygens (including phenoxy) is 1. The molecule has 0 radical (unpaired) electrons. The summed E-state index contributed by atoms with van der Waals surface area (Å²) in [5.74, 6) is -0.0757. The van der Waals surface area contributed by atoms with E-state index in [4.69, 9.17) is 5.11 Å². The molecule has 6 heteroatoms. The number of carbonyl (C=O) groups is 1. The molecule has 0 saturated carbocycles. The molecule has 1 aromatic rings. The first-order valence-electron chi connectivity index (χ1n) is 4.39. The summed E-state index contributed by atoms with van der Waals surface area (Å²) in [5, 5.41) is 9.09. The van der Waals surface area contributed by atoms with Gasteiger partial charge in [-0.1, -0.05) is 12.1 Å². The van der Waals surface area contributed by atoms with Gasteiger partial charge in [0.05, 0.1) is 7.11 Å². The lowest BCUT2D eigenvalue weighted by Gasteiger charge is -2.12. The smallest absolute Gasteiger partial charge is 0.323 e. The highest BCUT2D eigenvalue weighted by atomic mass is 127. The summed E-state index contributed by atoms with van der Waals surface area (Å²) in [6, 6.07) is 6.38. The van der Waals surface area contributed by atoms with Crippen LogP contribution in [0.2, 0.25) is 0 Å². The third-order valence-corrected chi connectivity index (χ3v) is 2.75. The SMILES string of the molecule is COC(=O)C(Cc1ccc(O)cc1)NI.Cl. The molecule has 0 amide bonds. The van der Waals surface area contributed by atoms with Crippen LogP contribution in [0.5, 0.6) is 5.75 Å². The summed E-state index contributed by atoms with van der Waals surface area (Å²) in [6.07, 6.45) is 0.538. The van der Waals surface area contributed by atoms with Gasteiger partial charge in [0, 0.05) is 22.9 Å². The first-order valence-corrected chi connectivity index (χ1v) is 5.47. The Morgan fingerprint density at radius 3 is 2.50 bits per heavy atom. The first-order chi connectivity index (χ1) is 7.17. The van der Waals surface area contributed by atoms with E-state index in [-0.39, 0.29) is 30.2 Å². The van der Waals surface area contributed by atoms with Gasteiger partial charge >= 0.3 is 5.97 Å². The van der Waals surface area contributed by atoms with Crippen molar-refractivity contribution in [1.82, 2.24) is 3.53 Å². The molecule has 90 valence electrons. The fourth-order valence-electron chi connectivity index (χ4n) is 1.18. The highest BCUT2D eigenvalue weighted by Gasteiger charge is 2.17. The zero-order valence-corrected chi connectivity index (χ0v) is 11.6. The van der Waals surface area contributed by atoms with Crippen LogP contribution in [-0.2, 0) is 16.0 Å². The van der Waals surface area contributed by atoms with Crippen LogP contribution in [0, 0.1) is 0 Å². The Bertz CT molecular complexity index is 331. The largest absolute Gasteiger partial charge is 0.508 e. The third kappa shape index (κ3) is 4.54. The number of rotatable bonds is 4. The maximum absolute atomic E-state index is 11.3. The van der Waals surface area contributed by atoms with Gasteiger partial charge in [-0.25, -0.2) is 3.53 Å². The van der Waals surface area contributed by atoms with E-state index in [1.165, 1.54) is 7.11 Å². The number of halogens is 2. The van der Waals surface area contributed by atoms with E-state index in [9.17, 15) is 4.79 Å². The van der Waals surface area contributed by atoms with Crippen molar-refractivity contribution in [3.05, 3.63) is 29.8 Å². The van der Waals surface area contributed by atoms with Gasteiger partial charge in [0.1, 0.15) is 11.8 Å². The van der Waals surface area contributed by atoms with Crippen molar-refractivity contribution in [3.63, 3.8) is 0 Å². The number of phenols is 1. The zero-order chi connectivity index (χ0) is 11.3. The van der Waals surface area contributed by atoms with Crippen molar-refractivity contribution in [3.8, 4) is 5.75 Å². The Balaban J connectivity index is 0.00000225. The van der Waals surface area contributed by atoms with Crippen molar-refractivity contribution in [1.29, 1.82) is 0 Å². The molecule has 1 aromatic carbocycles. The molecular weight excluding hydrogens is 344 g/mol. The number of nitrogens with one attached hydrogen (secondary N) is 1. The molecule has 16 heavy (non-hydrogen) atoms. The van der Waals surface area contributed by atoms with Gasteiger partial charge in [-0.15, -0.1) is 12.4 Å². The van der Waals surface area contributed by atoms with Gasteiger partial charge in [-0.05, 0) is 24.1 Å². The maximum Gasteiger partial charge on any atom is 0.323 e. The first kappa shape index (κ1) is 15.5. The van der Waals surface area contributed by atoms with Crippen LogP contribution in [0.4, 0.5) is 0 Å². The van der Waals surface area contributed by atoms with E-state index >= 15 is 0 Å². The minimum absolute atomic E-state index is 0. The summed E-state index contributed by atoms with van der Waals surface area (Å²) in [7, 11) is 1.36. The molecule has 0 aliphatic carbocycles. The van der Waals surface area contributed by atoms with Gasteiger partial charge in [-0.2, -0.15) is 0 Å². The summed E-state index contributed by atoms with van der Waals surface area (Å²) < 4.78 is 7.49. The van der Waals surface area contributed by atoms with E-state index in [1.807, 2.05) is 22.9 Å². The Morgan fingerprint density at radius 2 is 2.06 bits per heavy atom. The minimum Gasteiger partial charge on any atom is -0.508 e. The second-order valence-corrected chi connectivity index (χ2v) is 3.68. The van der Waals surface area contributed by atoms with Gasteiger partial charge in [0.25, 0.3) is 0 Å². The highest BCUT2D eigenvalue weighted by Crippen LogP contribution is 2.12. The quantitative estimate of drug-likeness (QED) is 0.490. The van der Waals surface area contributed by atoms with Crippen molar-refractivity contribution in [2.24, 2.45) is 0 Å². The molecule has 4 nitrogen and oxygen atoms in total.